The number of carbonyl (C=O) groups is 1. The zero-order chi connectivity index (χ0) is 18.7. The quantitative estimate of drug-likeness (QED) is 0.746. The highest BCUT2D eigenvalue weighted by atomic mass is 19.1. The van der Waals surface area contributed by atoms with E-state index in [1.54, 1.807) is 22.9 Å². The van der Waals surface area contributed by atoms with Crippen molar-refractivity contribution in [1.29, 1.82) is 0 Å². The van der Waals surface area contributed by atoms with Crippen molar-refractivity contribution in [3.8, 4) is 5.75 Å². The Bertz CT molecular complexity index is 950. The van der Waals surface area contributed by atoms with E-state index in [0.29, 0.717) is 22.7 Å². The zero-order valence-corrected chi connectivity index (χ0v) is 14.9. The van der Waals surface area contributed by atoms with E-state index in [2.05, 4.69) is 10.4 Å². The number of nitrogens with zero attached hydrogens (tertiary/aromatic N) is 2. The fourth-order valence-electron chi connectivity index (χ4n) is 2.67. The number of amides is 1. The molecule has 1 aromatic heterocycles. The van der Waals surface area contributed by atoms with Crippen LogP contribution in [0.25, 0.3) is 0 Å². The Morgan fingerprint density at radius 3 is 2.65 bits per heavy atom. The van der Waals surface area contributed by atoms with Crippen LogP contribution in [-0.4, -0.2) is 15.7 Å². The van der Waals surface area contributed by atoms with Gasteiger partial charge in [0, 0.05) is 11.6 Å². The van der Waals surface area contributed by atoms with Crippen molar-refractivity contribution in [2.45, 2.75) is 27.5 Å². The lowest BCUT2D eigenvalue weighted by Crippen LogP contribution is -2.14. The number of hydrogen-bond acceptors (Lipinski definition) is 3. The van der Waals surface area contributed by atoms with Crippen LogP contribution in [0.15, 0.2) is 48.5 Å². The van der Waals surface area contributed by atoms with Gasteiger partial charge >= 0.3 is 0 Å². The fraction of sp³-hybridized carbons (Fsp3) is 0.200. The fourth-order valence-corrected chi connectivity index (χ4v) is 2.67. The van der Waals surface area contributed by atoms with Gasteiger partial charge in [-0.1, -0.05) is 23.8 Å². The van der Waals surface area contributed by atoms with Crippen LogP contribution in [-0.2, 0) is 6.73 Å². The van der Waals surface area contributed by atoms with Crippen LogP contribution in [0, 0.1) is 26.6 Å². The molecule has 0 aliphatic heterocycles. The number of benzene rings is 2. The lowest BCUT2D eigenvalue weighted by Gasteiger charge is -2.09. The lowest BCUT2D eigenvalue weighted by atomic mass is 10.1. The van der Waals surface area contributed by atoms with Gasteiger partial charge in [-0.15, -0.1) is 0 Å². The number of nitrogens with one attached hydrogen (secondary N) is 1. The number of carbonyl (C=O) groups excluding carboxylic acids is 1. The molecule has 0 aliphatic rings. The molecular weight excluding hydrogens is 333 g/mol. The number of rotatable bonds is 5. The number of anilines is 1. The van der Waals surface area contributed by atoms with E-state index < -0.39 is 0 Å². The van der Waals surface area contributed by atoms with Gasteiger partial charge in [-0.3, -0.25) is 4.79 Å². The Labute approximate surface area is 151 Å². The van der Waals surface area contributed by atoms with Gasteiger partial charge in [0.15, 0.2) is 6.73 Å². The van der Waals surface area contributed by atoms with E-state index in [1.165, 1.54) is 12.1 Å². The molecule has 0 saturated heterocycles. The van der Waals surface area contributed by atoms with E-state index in [4.69, 9.17) is 4.74 Å². The first-order valence-electron chi connectivity index (χ1n) is 8.24. The van der Waals surface area contributed by atoms with Crippen molar-refractivity contribution in [1.82, 2.24) is 9.78 Å². The molecule has 0 unspecified atom stereocenters. The monoisotopic (exact) mass is 353 g/mol. The third kappa shape index (κ3) is 3.91. The topological polar surface area (TPSA) is 56.2 Å². The zero-order valence-electron chi connectivity index (χ0n) is 14.9. The summed E-state index contributed by atoms with van der Waals surface area (Å²) in [5.74, 6) is -0.129. The SMILES string of the molecule is Cc1cccc(C(=O)Nc2c(C)nn(COc3cccc(F)c3)c2C)c1. The molecule has 0 radical (unpaired) electrons. The van der Waals surface area contributed by atoms with Crippen molar-refractivity contribution in [3.63, 3.8) is 0 Å². The summed E-state index contributed by atoms with van der Waals surface area (Å²) in [6, 6.07) is 13.3. The second-order valence-electron chi connectivity index (χ2n) is 6.10. The highest BCUT2D eigenvalue weighted by Crippen LogP contribution is 2.21. The molecule has 1 heterocycles. The molecule has 6 heteroatoms. The molecule has 134 valence electrons. The maximum absolute atomic E-state index is 13.2. The first-order chi connectivity index (χ1) is 12.4. The molecular formula is C20H20FN3O2. The number of aryl methyl sites for hydroxylation is 2. The molecule has 3 rings (SSSR count). The van der Waals surface area contributed by atoms with E-state index in [0.717, 1.165) is 11.3 Å². The van der Waals surface area contributed by atoms with Crippen molar-refractivity contribution < 1.29 is 13.9 Å². The second-order valence-corrected chi connectivity index (χ2v) is 6.10. The van der Waals surface area contributed by atoms with E-state index in [1.807, 2.05) is 39.0 Å². The molecule has 2 aromatic carbocycles. The highest BCUT2D eigenvalue weighted by molar-refractivity contribution is 6.04. The summed E-state index contributed by atoms with van der Waals surface area (Å²) in [6.07, 6.45) is 0. The molecule has 0 fully saturated rings. The predicted molar refractivity (Wildman–Crippen MR) is 97.9 cm³/mol. The van der Waals surface area contributed by atoms with Crippen LogP contribution >= 0.6 is 0 Å². The molecule has 1 amide bonds. The third-order valence-corrected chi connectivity index (χ3v) is 4.05. The maximum atomic E-state index is 13.2. The normalized spacial score (nSPS) is 10.6. The average Bonchev–Trinajstić information content (AvgIpc) is 2.87. The number of halogens is 1. The summed E-state index contributed by atoms with van der Waals surface area (Å²) in [4.78, 5) is 12.5. The lowest BCUT2D eigenvalue weighted by molar-refractivity contribution is 0.102. The molecule has 0 aliphatic carbocycles. The minimum absolute atomic E-state index is 0.121. The minimum Gasteiger partial charge on any atom is -0.471 e. The largest absolute Gasteiger partial charge is 0.471 e. The molecule has 0 atom stereocenters. The van der Waals surface area contributed by atoms with E-state index >= 15 is 0 Å². The number of aromatic nitrogens is 2. The Balaban J connectivity index is 1.74. The summed E-state index contributed by atoms with van der Waals surface area (Å²) >= 11 is 0. The summed E-state index contributed by atoms with van der Waals surface area (Å²) in [6.45, 7) is 5.73. The van der Waals surface area contributed by atoms with Gasteiger partial charge in [0.05, 0.1) is 17.1 Å². The molecule has 0 saturated carbocycles. The van der Waals surface area contributed by atoms with Gasteiger partial charge < -0.3 is 10.1 Å². The Hall–Kier alpha value is -3.15. The average molecular weight is 353 g/mol. The van der Waals surface area contributed by atoms with Gasteiger partial charge in [-0.05, 0) is 45.0 Å². The highest BCUT2D eigenvalue weighted by Gasteiger charge is 2.15. The van der Waals surface area contributed by atoms with Crippen molar-refractivity contribution in [3.05, 3.63) is 76.9 Å². The summed E-state index contributed by atoms with van der Waals surface area (Å²) < 4.78 is 20.4. The molecule has 0 bridgehead atoms. The maximum Gasteiger partial charge on any atom is 0.255 e. The Morgan fingerprint density at radius 1 is 1.15 bits per heavy atom. The van der Waals surface area contributed by atoms with E-state index in [-0.39, 0.29) is 18.5 Å². The summed E-state index contributed by atoms with van der Waals surface area (Å²) in [5.41, 5.74) is 3.71. The van der Waals surface area contributed by atoms with Gasteiger partial charge in [-0.25, -0.2) is 9.07 Å². The first-order valence-corrected chi connectivity index (χ1v) is 8.24. The summed E-state index contributed by atoms with van der Waals surface area (Å²) in [7, 11) is 0. The minimum atomic E-state index is -0.359. The van der Waals surface area contributed by atoms with Crippen molar-refractivity contribution in [2.24, 2.45) is 0 Å². The Morgan fingerprint density at radius 2 is 1.92 bits per heavy atom. The van der Waals surface area contributed by atoms with Crippen molar-refractivity contribution in [2.75, 3.05) is 5.32 Å². The van der Waals surface area contributed by atoms with Crippen LogP contribution in [0.1, 0.15) is 27.3 Å². The van der Waals surface area contributed by atoms with Crippen LogP contribution in [0.5, 0.6) is 5.75 Å². The van der Waals surface area contributed by atoms with Gasteiger partial charge in [0.1, 0.15) is 11.6 Å². The van der Waals surface area contributed by atoms with Crippen LogP contribution in [0.2, 0.25) is 0 Å². The molecule has 3 aromatic rings. The third-order valence-electron chi connectivity index (χ3n) is 4.05. The van der Waals surface area contributed by atoms with Crippen molar-refractivity contribution >= 4 is 11.6 Å². The van der Waals surface area contributed by atoms with Gasteiger partial charge in [0.2, 0.25) is 0 Å². The second kappa shape index (κ2) is 7.39. The predicted octanol–water partition coefficient (Wildman–Crippen LogP) is 4.24. The molecule has 26 heavy (non-hydrogen) atoms. The Kier molecular flexibility index (Phi) is 5.02. The molecule has 0 spiro atoms. The number of hydrogen-bond donors (Lipinski definition) is 1. The van der Waals surface area contributed by atoms with Gasteiger partial charge in [0.25, 0.3) is 5.91 Å². The standard InChI is InChI=1S/C20H20FN3O2/c1-13-6-4-7-16(10-13)20(25)22-19-14(2)23-24(15(19)3)12-26-18-9-5-8-17(21)11-18/h4-11H,12H2,1-3H3,(H,22,25). The van der Waals surface area contributed by atoms with Gasteiger partial charge in [-0.2, -0.15) is 5.10 Å². The molecule has 5 nitrogen and oxygen atoms in total. The smallest absolute Gasteiger partial charge is 0.255 e. The van der Waals surface area contributed by atoms with Crippen LogP contribution in [0.3, 0.4) is 0 Å². The van der Waals surface area contributed by atoms with Crippen LogP contribution in [0.4, 0.5) is 10.1 Å². The van der Waals surface area contributed by atoms with Crippen LogP contribution < -0.4 is 10.1 Å². The van der Waals surface area contributed by atoms with E-state index in [9.17, 15) is 9.18 Å². The summed E-state index contributed by atoms with van der Waals surface area (Å²) in [5, 5.41) is 7.31. The first kappa shape index (κ1) is 17.7. The number of ether oxygens (including phenoxy) is 1. The molecule has 1 N–H and O–H groups in total.